The molecule has 28 heavy (non-hydrogen) atoms. The van der Waals surface area contributed by atoms with Crippen LogP contribution in [-0.4, -0.2) is 28.7 Å². The van der Waals surface area contributed by atoms with Crippen LogP contribution in [0.1, 0.15) is 15.9 Å². The van der Waals surface area contributed by atoms with E-state index in [4.69, 9.17) is 0 Å². The summed E-state index contributed by atoms with van der Waals surface area (Å²) in [6.45, 7) is 0.270. The molecule has 0 aliphatic rings. The van der Waals surface area contributed by atoms with Crippen molar-refractivity contribution in [2.45, 2.75) is 16.3 Å². The minimum atomic E-state index is -3.55. The van der Waals surface area contributed by atoms with Crippen LogP contribution in [0.2, 0.25) is 0 Å². The third-order valence-electron chi connectivity index (χ3n) is 4.25. The number of aromatic nitrogens is 3. The molecule has 7 nitrogen and oxygen atoms in total. The third kappa shape index (κ3) is 3.49. The van der Waals surface area contributed by atoms with Gasteiger partial charge in [-0.1, -0.05) is 30.3 Å². The van der Waals surface area contributed by atoms with Gasteiger partial charge in [-0.05, 0) is 29.8 Å². The number of benzene rings is 2. The highest BCUT2D eigenvalue weighted by molar-refractivity contribution is 7.91. The zero-order valence-electron chi connectivity index (χ0n) is 14.7. The lowest BCUT2D eigenvalue weighted by Crippen LogP contribution is -2.23. The molecule has 0 saturated heterocycles. The molecule has 0 aliphatic carbocycles. The number of carbonyl (C=O) groups excluding carboxylic acids is 1. The van der Waals surface area contributed by atoms with Crippen molar-refractivity contribution in [1.29, 1.82) is 0 Å². The molecule has 2 aromatic heterocycles. The van der Waals surface area contributed by atoms with E-state index in [1.54, 1.807) is 77.6 Å². The summed E-state index contributed by atoms with van der Waals surface area (Å²) >= 11 is 0. The summed E-state index contributed by atoms with van der Waals surface area (Å²) in [7, 11) is -3.55. The van der Waals surface area contributed by atoms with Crippen molar-refractivity contribution in [1.82, 2.24) is 19.7 Å². The first kappa shape index (κ1) is 17.9. The zero-order valence-corrected chi connectivity index (χ0v) is 15.5. The maximum absolute atomic E-state index is 12.6. The molecule has 4 aromatic rings. The average Bonchev–Trinajstić information content (AvgIpc) is 3.21. The van der Waals surface area contributed by atoms with Gasteiger partial charge in [0.2, 0.25) is 15.6 Å². The SMILES string of the molecule is O=C(NCc1ccc(S(=O)(=O)c2ccccc2)cc1)c1cnc2nccn2c1. The first-order valence-electron chi connectivity index (χ1n) is 8.50. The fourth-order valence-electron chi connectivity index (χ4n) is 2.74. The van der Waals surface area contributed by atoms with E-state index in [-0.39, 0.29) is 22.2 Å². The van der Waals surface area contributed by atoms with Crippen LogP contribution in [0.3, 0.4) is 0 Å². The van der Waals surface area contributed by atoms with E-state index in [0.717, 1.165) is 5.56 Å². The van der Waals surface area contributed by atoms with Crippen molar-refractivity contribution in [2.75, 3.05) is 0 Å². The fraction of sp³-hybridized carbons (Fsp3) is 0.0500. The average molecular weight is 392 g/mol. The lowest BCUT2D eigenvalue weighted by molar-refractivity contribution is 0.0950. The van der Waals surface area contributed by atoms with Crippen LogP contribution in [0, 0.1) is 0 Å². The molecule has 0 atom stereocenters. The van der Waals surface area contributed by atoms with Crippen LogP contribution in [-0.2, 0) is 16.4 Å². The van der Waals surface area contributed by atoms with Gasteiger partial charge in [-0.2, -0.15) is 0 Å². The lowest BCUT2D eigenvalue weighted by atomic mass is 10.2. The van der Waals surface area contributed by atoms with Gasteiger partial charge in [0.1, 0.15) is 0 Å². The van der Waals surface area contributed by atoms with Gasteiger partial charge < -0.3 is 5.32 Å². The Bertz CT molecular complexity index is 1230. The Morgan fingerprint density at radius 1 is 0.964 bits per heavy atom. The van der Waals surface area contributed by atoms with Gasteiger partial charge in [-0.15, -0.1) is 0 Å². The van der Waals surface area contributed by atoms with Gasteiger partial charge in [0.25, 0.3) is 5.91 Å². The minimum absolute atomic E-state index is 0.212. The molecule has 0 radical (unpaired) electrons. The molecule has 2 aromatic carbocycles. The predicted octanol–water partition coefficient (Wildman–Crippen LogP) is 2.49. The Morgan fingerprint density at radius 3 is 2.43 bits per heavy atom. The molecular weight excluding hydrogens is 376 g/mol. The standard InChI is InChI=1S/C20H16N4O3S/c25-19(16-13-23-20-21-10-11-24(20)14-16)22-12-15-6-8-18(9-7-15)28(26,27)17-4-2-1-3-5-17/h1-11,13-14H,12H2,(H,22,25). The molecule has 1 N–H and O–H groups in total. The van der Waals surface area contributed by atoms with E-state index in [9.17, 15) is 13.2 Å². The highest BCUT2D eigenvalue weighted by Gasteiger charge is 2.17. The highest BCUT2D eigenvalue weighted by Crippen LogP contribution is 2.20. The Labute approximate surface area is 161 Å². The Hall–Kier alpha value is -3.52. The van der Waals surface area contributed by atoms with Crippen molar-refractivity contribution in [3.63, 3.8) is 0 Å². The van der Waals surface area contributed by atoms with Crippen LogP contribution >= 0.6 is 0 Å². The van der Waals surface area contributed by atoms with Crippen molar-refractivity contribution in [3.05, 3.63) is 90.5 Å². The molecule has 0 aliphatic heterocycles. The monoisotopic (exact) mass is 392 g/mol. The Morgan fingerprint density at radius 2 is 1.68 bits per heavy atom. The van der Waals surface area contributed by atoms with Crippen molar-refractivity contribution < 1.29 is 13.2 Å². The minimum Gasteiger partial charge on any atom is -0.348 e. The predicted molar refractivity (Wildman–Crippen MR) is 102 cm³/mol. The summed E-state index contributed by atoms with van der Waals surface area (Å²) in [6.07, 6.45) is 6.44. The van der Waals surface area contributed by atoms with Crippen molar-refractivity contribution >= 4 is 21.5 Å². The topological polar surface area (TPSA) is 93.4 Å². The van der Waals surface area contributed by atoms with Gasteiger partial charge in [-0.3, -0.25) is 9.20 Å². The molecular formula is C20H16N4O3S. The van der Waals surface area contributed by atoms with Gasteiger partial charge in [0, 0.05) is 31.3 Å². The van der Waals surface area contributed by atoms with E-state index >= 15 is 0 Å². The number of nitrogens with zero attached hydrogens (tertiary/aromatic N) is 3. The molecule has 0 bridgehead atoms. The van der Waals surface area contributed by atoms with Crippen LogP contribution < -0.4 is 5.32 Å². The second-order valence-electron chi connectivity index (χ2n) is 6.12. The normalized spacial score (nSPS) is 11.4. The second-order valence-corrected chi connectivity index (χ2v) is 8.07. The molecule has 0 fully saturated rings. The van der Waals surface area contributed by atoms with Crippen molar-refractivity contribution in [2.24, 2.45) is 0 Å². The zero-order chi connectivity index (χ0) is 19.6. The molecule has 1 amide bonds. The molecule has 8 heteroatoms. The molecule has 2 heterocycles. The summed E-state index contributed by atoms with van der Waals surface area (Å²) in [5, 5.41) is 2.80. The van der Waals surface area contributed by atoms with Gasteiger partial charge in [0.05, 0.1) is 15.4 Å². The van der Waals surface area contributed by atoms with Crippen LogP contribution in [0.25, 0.3) is 5.78 Å². The van der Waals surface area contributed by atoms with Crippen LogP contribution in [0.5, 0.6) is 0 Å². The number of hydrogen-bond donors (Lipinski definition) is 1. The summed E-state index contributed by atoms with van der Waals surface area (Å²) < 4.78 is 26.9. The van der Waals surface area contributed by atoms with E-state index in [1.165, 1.54) is 6.20 Å². The smallest absolute Gasteiger partial charge is 0.254 e. The molecule has 140 valence electrons. The van der Waals surface area contributed by atoms with Crippen molar-refractivity contribution in [3.8, 4) is 0 Å². The second kappa shape index (κ2) is 7.24. The number of hydrogen-bond acceptors (Lipinski definition) is 5. The summed E-state index contributed by atoms with van der Waals surface area (Å²) in [4.78, 5) is 20.9. The van der Waals surface area contributed by atoms with Crippen LogP contribution in [0.4, 0.5) is 0 Å². The van der Waals surface area contributed by atoms with Crippen LogP contribution in [0.15, 0.2) is 89.2 Å². The Kier molecular flexibility index (Phi) is 4.62. The summed E-state index contributed by atoms with van der Waals surface area (Å²) in [5.41, 5.74) is 1.20. The third-order valence-corrected chi connectivity index (χ3v) is 6.03. The lowest BCUT2D eigenvalue weighted by Gasteiger charge is -2.08. The maximum Gasteiger partial charge on any atom is 0.254 e. The number of amides is 1. The fourth-order valence-corrected chi connectivity index (χ4v) is 4.02. The highest BCUT2D eigenvalue weighted by atomic mass is 32.2. The van der Waals surface area contributed by atoms with Gasteiger partial charge >= 0.3 is 0 Å². The molecule has 4 rings (SSSR count). The largest absolute Gasteiger partial charge is 0.348 e. The molecule has 0 saturated carbocycles. The van der Waals surface area contributed by atoms with E-state index < -0.39 is 9.84 Å². The Balaban J connectivity index is 1.45. The van der Waals surface area contributed by atoms with Gasteiger partial charge in [0.15, 0.2) is 0 Å². The first-order valence-corrected chi connectivity index (χ1v) is 9.98. The summed E-state index contributed by atoms with van der Waals surface area (Å²) in [6, 6.07) is 14.7. The van der Waals surface area contributed by atoms with Gasteiger partial charge in [-0.25, -0.2) is 18.4 Å². The number of sulfone groups is 1. The van der Waals surface area contributed by atoms with E-state index in [0.29, 0.717) is 11.3 Å². The molecule has 0 spiro atoms. The quantitative estimate of drug-likeness (QED) is 0.563. The molecule has 0 unspecified atom stereocenters. The number of fused-ring (bicyclic) bond motifs is 1. The number of rotatable bonds is 5. The van der Waals surface area contributed by atoms with E-state index in [1.807, 2.05) is 0 Å². The van der Waals surface area contributed by atoms with E-state index in [2.05, 4.69) is 15.3 Å². The maximum atomic E-state index is 12.6. The number of carbonyl (C=O) groups is 1. The number of nitrogens with one attached hydrogen (secondary N) is 1. The summed E-state index contributed by atoms with van der Waals surface area (Å²) in [5.74, 6) is 0.246. The number of imidazole rings is 1. The first-order chi connectivity index (χ1) is 13.5.